The van der Waals surface area contributed by atoms with Crippen LogP contribution in [0.25, 0.3) is 16.6 Å². The van der Waals surface area contributed by atoms with Crippen LogP contribution in [0, 0.1) is 6.92 Å². The molecule has 0 spiro atoms. The molecule has 1 saturated heterocycles. The summed E-state index contributed by atoms with van der Waals surface area (Å²) in [5.41, 5.74) is 1.99. The highest BCUT2D eigenvalue weighted by molar-refractivity contribution is 7.91. The minimum Gasteiger partial charge on any atom is -0.456 e. The van der Waals surface area contributed by atoms with Gasteiger partial charge in [0.25, 0.3) is 11.5 Å². The smallest absolute Gasteiger partial charge is 0.306 e. The van der Waals surface area contributed by atoms with Crippen LogP contribution in [0.2, 0.25) is 0 Å². The van der Waals surface area contributed by atoms with Crippen molar-refractivity contribution >= 4 is 32.6 Å². The van der Waals surface area contributed by atoms with Crippen molar-refractivity contribution in [3.8, 4) is 5.69 Å². The summed E-state index contributed by atoms with van der Waals surface area (Å²) in [7, 11) is -3.12. The lowest BCUT2D eigenvalue weighted by atomic mass is 10.2. The Hall–Kier alpha value is -3.53. The molecule has 0 bridgehead atoms. The van der Waals surface area contributed by atoms with E-state index in [1.54, 1.807) is 24.3 Å². The number of nitrogens with zero attached hydrogens (tertiary/aromatic N) is 2. The van der Waals surface area contributed by atoms with E-state index in [0.29, 0.717) is 28.8 Å². The number of carbonyl (C=O) groups is 2. The van der Waals surface area contributed by atoms with Gasteiger partial charge in [-0.05, 0) is 37.6 Å². The molecule has 0 aliphatic carbocycles. The first-order valence-corrected chi connectivity index (χ1v) is 12.8. The third-order valence-corrected chi connectivity index (χ3v) is 7.42. The number of rotatable bonds is 7. The summed E-state index contributed by atoms with van der Waals surface area (Å²) in [5, 5.41) is 3.05. The summed E-state index contributed by atoms with van der Waals surface area (Å²) in [6.07, 6.45) is 0.406. The molecule has 34 heavy (non-hydrogen) atoms. The molecule has 1 aliphatic rings. The molecule has 1 fully saturated rings. The molecule has 0 unspecified atom stereocenters. The number of carbonyl (C=O) groups excluding carboxylic acids is 2. The van der Waals surface area contributed by atoms with Crippen molar-refractivity contribution in [2.45, 2.75) is 32.2 Å². The quantitative estimate of drug-likeness (QED) is 0.505. The lowest BCUT2D eigenvalue weighted by Crippen LogP contribution is -2.38. The first-order valence-electron chi connectivity index (χ1n) is 10.9. The van der Waals surface area contributed by atoms with Crippen LogP contribution in [0.5, 0.6) is 0 Å². The fourth-order valence-electron chi connectivity index (χ4n) is 3.92. The van der Waals surface area contributed by atoms with Crippen LogP contribution in [0.3, 0.4) is 0 Å². The lowest BCUT2D eigenvalue weighted by molar-refractivity contribution is -0.148. The molecule has 1 amide bonds. The summed E-state index contributed by atoms with van der Waals surface area (Å²) in [6, 6.07) is 14.0. The minimum atomic E-state index is -3.12. The molecule has 0 saturated carbocycles. The third kappa shape index (κ3) is 5.51. The van der Waals surface area contributed by atoms with Crippen molar-refractivity contribution in [1.82, 2.24) is 14.9 Å². The number of amides is 1. The van der Waals surface area contributed by atoms with E-state index in [9.17, 15) is 22.8 Å². The van der Waals surface area contributed by atoms with Crippen molar-refractivity contribution in [3.05, 3.63) is 70.3 Å². The Bertz CT molecular complexity index is 1400. The number of hydrogen-bond acceptors (Lipinski definition) is 7. The number of fused-ring (bicyclic) bond motifs is 1. The van der Waals surface area contributed by atoms with Crippen molar-refractivity contribution in [2.24, 2.45) is 0 Å². The molecule has 1 atom stereocenters. The summed E-state index contributed by atoms with van der Waals surface area (Å²) in [5.74, 6) is -0.816. The lowest BCUT2D eigenvalue weighted by Gasteiger charge is -2.14. The Morgan fingerprint density at radius 2 is 1.88 bits per heavy atom. The molecular formula is C24H25N3O6S. The third-order valence-electron chi connectivity index (χ3n) is 5.65. The molecule has 9 nitrogen and oxygen atoms in total. The van der Waals surface area contributed by atoms with E-state index < -0.39 is 34.4 Å². The predicted octanol–water partition coefficient (Wildman–Crippen LogP) is 1.47. The molecule has 0 radical (unpaired) electrons. The van der Waals surface area contributed by atoms with E-state index in [4.69, 9.17) is 4.74 Å². The van der Waals surface area contributed by atoms with Crippen LogP contribution in [0.1, 0.15) is 24.2 Å². The van der Waals surface area contributed by atoms with Crippen LogP contribution < -0.4 is 10.9 Å². The van der Waals surface area contributed by atoms with E-state index in [-0.39, 0.29) is 29.9 Å². The molecule has 1 aromatic heterocycles. The normalized spacial score (nSPS) is 16.9. The highest BCUT2D eigenvalue weighted by Gasteiger charge is 2.29. The zero-order valence-electron chi connectivity index (χ0n) is 18.7. The summed E-state index contributed by atoms with van der Waals surface area (Å²) in [6.45, 7) is 1.45. The van der Waals surface area contributed by atoms with E-state index in [1.165, 1.54) is 4.57 Å². The first kappa shape index (κ1) is 23.6. The second-order valence-corrected chi connectivity index (χ2v) is 10.6. The summed E-state index contributed by atoms with van der Waals surface area (Å²) >= 11 is 0. The standard InChI is InChI=1S/C24H25N3O6S/c1-16-6-8-18(9-7-16)27-21(26-20-5-3-2-4-19(20)24(27)30)10-11-23(29)33-14-22(28)25-17-12-13-34(31,32)15-17/h2-9,17H,10-15H2,1H3,(H,25,28)/t17-/m0/s1. The van der Waals surface area contributed by atoms with Crippen LogP contribution in [0.15, 0.2) is 53.3 Å². The number of aryl methyl sites for hydroxylation is 2. The fourth-order valence-corrected chi connectivity index (χ4v) is 5.59. The van der Waals surface area contributed by atoms with Crippen LogP contribution in [0.4, 0.5) is 0 Å². The van der Waals surface area contributed by atoms with Crippen LogP contribution in [-0.4, -0.2) is 54.0 Å². The monoisotopic (exact) mass is 483 g/mol. The Morgan fingerprint density at radius 3 is 2.59 bits per heavy atom. The minimum absolute atomic E-state index is 0.0409. The molecule has 10 heteroatoms. The SMILES string of the molecule is Cc1ccc(-n2c(CCC(=O)OCC(=O)N[C@H]3CCS(=O)(=O)C3)nc3ccccc3c2=O)cc1. The predicted molar refractivity (Wildman–Crippen MR) is 127 cm³/mol. The second-order valence-electron chi connectivity index (χ2n) is 8.35. The molecule has 3 aromatic rings. The number of benzene rings is 2. The topological polar surface area (TPSA) is 124 Å². The van der Waals surface area contributed by atoms with Gasteiger partial charge in [-0.15, -0.1) is 0 Å². The highest BCUT2D eigenvalue weighted by atomic mass is 32.2. The number of para-hydroxylation sites is 1. The highest BCUT2D eigenvalue weighted by Crippen LogP contribution is 2.15. The largest absolute Gasteiger partial charge is 0.456 e. The Morgan fingerprint density at radius 1 is 1.15 bits per heavy atom. The number of ether oxygens (including phenoxy) is 1. The molecule has 1 N–H and O–H groups in total. The molecule has 2 aromatic carbocycles. The van der Waals surface area contributed by atoms with Gasteiger partial charge in [-0.3, -0.25) is 19.0 Å². The van der Waals surface area contributed by atoms with Gasteiger partial charge in [0, 0.05) is 12.5 Å². The number of esters is 1. The molecule has 178 valence electrons. The summed E-state index contributed by atoms with van der Waals surface area (Å²) in [4.78, 5) is 42.1. The number of hydrogen-bond donors (Lipinski definition) is 1. The number of aromatic nitrogens is 2. The maximum absolute atomic E-state index is 13.2. The van der Waals surface area contributed by atoms with Crippen molar-refractivity contribution < 1.29 is 22.7 Å². The fraction of sp³-hybridized carbons (Fsp3) is 0.333. The molecular weight excluding hydrogens is 458 g/mol. The zero-order valence-corrected chi connectivity index (χ0v) is 19.5. The van der Waals surface area contributed by atoms with Gasteiger partial charge < -0.3 is 10.1 Å². The van der Waals surface area contributed by atoms with E-state index in [0.717, 1.165) is 5.56 Å². The summed E-state index contributed by atoms with van der Waals surface area (Å²) < 4.78 is 29.5. The molecule has 2 heterocycles. The van der Waals surface area contributed by atoms with Gasteiger partial charge in [0.05, 0.1) is 34.5 Å². The Balaban J connectivity index is 1.45. The molecule has 1 aliphatic heterocycles. The van der Waals surface area contributed by atoms with E-state index in [2.05, 4.69) is 10.3 Å². The average Bonchev–Trinajstić information content (AvgIpc) is 3.15. The van der Waals surface area contributed by atoms with Gasteiger partial charge in [0.15, 0.2) is 16.4 Å². The maximum Gasteiger partial charge on any atom is 0.306 e. The van der Waals surface area contributed by atoms with Crippen LogP contribution >= 0.6 is 0 Å². The first-order chi connectivity index (χ1) is 16.2. The average molecular weight is 484 g/mol. The van der Waals surface area contributed by atoms with Gasteiger partial charge in [0.1, 0.15) is 5.82 Å². The van der Waals surface area contributed by atoms with E-state index in [1.807, 2.05) is 31.2 Å². The van der Waals surface area contributed by atoms with Crippen molar-refractivity contribution in [1.29, 1.82) is 0 Å². The van der Waals surface area contributed by atoms with Gasteiger partial charge in [-0.25, -0.2) is 13.4 Å². The second kappa shape index (κ2) is 9.76. The van der Waals surface area contributed by atoms with Gasteiger partial charge >= 0.3 is 5.97 Å². The number of nitrogens with one attached hydrogen (secondary N) is 1. The van der Waals surface area contributed by atoms with E-state index >= 15 is 0 Å². The van der Waals surface area contributed by atoms with Gasteiger partial charge in [-0.2, -0.15) is 0 Å². The van der Waals surface area contributed by atoms with Crippen molar-refractivity contribution in [2.75, 3.05) is 18.1 Å². The maximum atomic E-state index is 13.2. The van der Waals surface area contributed by atoms with Gasteiger partial charge in [-0.1, -0.05) is 29.8 Å². The molecule has 4 rings (SSSR count). The number of sulfone groups is 1. The van der Waals surface area contributed by atoms with Gasteiger partial charge in [0.2, 0.25) is 0 Å². The van der Waals surface area contributed by atoms with Crippen molar-refractivity contribution in [3.63, 3.8) is 0 Å². The van der Waals surface area contributed by atoms with Crippen LogP contribution in [-0.2, 0) is 30.6 Å². The Labute approximate surface area is 196 Å². The zero-order chi connectivity index (χ0) is 24.3. The Kier molecular flexibility index (Phi) is 6.78.